The van der Waals surface area contributed by atoms with Crippen LogP contribution in [0.3, 0.4) is 0 Å². The van der Waals surface area contributed by atoms with E-state index in [0.29, 0.717) is 18.9 Å². The molecule has 7 nitrogen and oxygen atoms in total. The van der Waals surface area contributed by atoms with Gasteiger partial charge in [0.05, 0.1) is 18.9 Å². The first kappa shape index (κ1) is 13.4. The van der Waals surface area contributed by atoms with Gasteiger partial charge in [-0.15, -0.1) is 0 Å². The zero-order chi connectivity index (χ0) is 14.3. The summed E-state index contributed by atoms with van der Waals surface area (Å²) in [6, 6.07) is 0. The molecular formula is C13H18N4O3. The van der Waals surface area contributed by atoms with Crippen LogP contribution < -0.4 is 0 Å². The van der Waals surface area contributed by atoms with Crippen LogP contribution in [0.15, 0.2) is 6.20 Å². The SMILES string of the molecule is COCC1OC(n2c(C)nc3cnc(C)nc32)CC1O. The number of hydrogen-bond acceptors (Lipinski definition) is 6. The molecule has 3 heterocycles. The average Bonchev–Trinajstić information content (AvgIpc) is 2.90. The van der Waals surface area contributed by atoms with E-state index in [1.165, 1.54) is 0 Å². The summed E-state index contributed by atoms with van der Waals surface area (Å²) < 4.78 is 12.9. The topological polar surface area (TPSA) is 82.3 Å². The Bertz CT molecular complexity index is 627. The predicted molar refractivity (Wildman–Crippen MR) is 71.2 cm³/mol. The van der Waals surface area contributed by atoms with Crippen molar-refractivity contribution in [3.63, 3.8) is 0 Å². The maximum Gasteiger partial charge on any atom is 0.165 e. The number of rotatable bonds is 3. The molecule has 108 valence electrons. The molecule has 0 amide bonds. The molecule has 1 saturated heterocycles. The van der Waals surface area contributed by atoms with Gasteiger partial charge >= 0.3 is 0 Å². The molecule has 0 spiro atoms. The Morgan fingerprint density at radius 2 is 2.25 bits per heavy atom. The van der Waals surface area contributed by atoms with Crippen molar-refractivity contribution in [2.75, 3.05) is 13.7 Å². The first-order chi connectivity index (χ1) is 9.60. The van der Waals surface area contributed by atoms with Gasteiger partial charge in [0, 0.05) is 13.5 Å². The Labute approximate surface area is 116 Å². The third-order valence-corrected chi connectivity index (χ3v) is 3.55. The highest BCUT2D eigenvalue weighted by Crippen LogP contribution is 2.32. The lowest BCUT2D eigenvalue weighted by Gasteiger charge is -2.16. The van der Waals surface area contributed by atoms with E-state index in [2.05, 4.69) is 15.0 Å². The van der Waals surface area contributed by atoms with Gasteiger partial charge in [0.1, 0.15) is 29.5 Å². The van der Waals surface area contributed by atoms with Crippen molar-refractivity contribution in [3.05, 3.63) is 17.8 Å². The van der Waals surface area contributed by atoms with Crippen LogP contribution in [0.4, 0.5) is 0 Å². The fraction of sp³-hybridized carbons (Fsp3) is 0.615. The van der Waals surface area contributed by atoms with Crippen LogP contribution in [0.2, 0.25) is 0 Å². The van der Waals surface area contributed by atoms with Crippen LogP contribution in [0.5, 0.6) is 0 Å². The van der Waals surface area contributed by atoms with E-state index >= 15 is 0 Å². The minimum Gasteiger partial charge on any atom is -0.390 e. The molecule has 0 aliphatic carbocycles. The number of hydrogen-bond donors (Lipinski definition) is 1. The number of ether oxygens (including phenoxy) is 2. The minimum atomic E-state index is -0.542. The zero-order valence-electron chi connectivity index (χ0n) is 11.8. The van der Waals surface area contributed by atoms with Crippen molar-refractivity contribution in [3.8, 4) is 0 Å². The summed E-state index contributed by atoms with van der Waals surface area (Å²) in [6.45, 7) is 4.11. The van der Waals surface area contributed by atoms with Gasteiger partial charge in [0.25, 0.3) is 0 Å². The molecule has 1 aliphatic heterocycles. The van der Waals surface area contributed by atoms with E-state index in [9.17, 15) is 5.11 Å². The van der Waals surface area contributed by atoms with Crippen molar-refractivity contribution < 1.29 is 14.6 Å². The monoisotopic (exact) mass is 278 g/mol. The summed E-state index contributed by atoms with van der Waals surface area (Å²) in [5.41, 5.74) is 1.48. The molecule has 1 N–H and O–H groups in total. The second-order valence-corrected chi connectivity index (χ2v) is 5.04. The molecule has 3 atom stereocenters. The van der Waals surface area contributed by atoms with Crippen LogP contribution in [0, 0.1) is 13.8 Å². The Morgan fingerprint density at radius 3 is 3.00 bits per heavy atom. The summed E-state index contributed by atoms with van der Waals surface area (Å²) >= 11 is 0. The number of methoxy groups -OCH3 is 1. The third kappa shape index (κ3) is 2.17. The Balaban J connectivity index is 1.98. The van der Waals surface area contributed by atoms with Gasteiger partial charge in [-0.2, -0.15) is 0 Å². The van der Waals surface area contributed by atoms with Gasteiger partial charge in [-0.1, -0.05) is 0 Å². The molecule has 1 fully saturated rings. The number of aliphatic hydroxyl groups excluding tert-OH is 1. The van der Waals surface area contributed by atoms with Gasteiger partial charge in [0.15, 0.2) is 5.65 Å². The number of aliphatic hydroxyl groups is 1. The van der Waals surface area contributed by atoms with Crippen molar-refractivity contribution in [2.24, 2.45) is 0 Å². The average molecular weight is 278 g/mol. The van der Waals surface area contributed by atoms with E-state index in [0.717, 1.165) is 17.0 Å². The molecule has 3 unspecified atom stereocenters. The van der Waals surface area contributed by atoms with Gasteiger partial charge in [-0.05, 0) is 13.8 Å². The molecule has 7 heteroatoms. The highest BCUT2D eigenvalue weighted by molar-refractivity contribution is 5.70. The molecule has 0 radical (unpaired) electrons. The highest BCUT2D eigenvalue weighted by Gasteiger charge is 2.36. The molecular weight excluding hydrogens is 260 g/mol. The minimum absolute atomic E-state index is 0.274. The number of aromatic nitrogens is 4. The van der Waals surface area contributed by atoms with Gasteiger partial charge in [-0.3, -0.25) is 4.57 Å². The second-order valence-electron chi connectivity index (χ2n) is 5.04. The second kappa shape index (κ2) is 5.08. The standard InChI is InChI=1S/C13H18N4O3/c1-7-14-5-9-13(15-7)17(8(2)16-9)12-4-10(18)11(20-12)6-19-3/h5,10-12,18H,4,6H2,1-3H3. The maximum absolute atomic E-state index is 10.0. The summed E-state index contributed by atoms with van der Waals surface area (Å²) in [5, 5.41) is 10.0. The van der Waals surface area contributed by atoms with Crippen LogP contribution >= 0.6 is 0 Å². The Hall–Kier alpha value is -1.57. The van der Waals surface area contributed by atoms with Crippen LogP contribution in [-0.4, -0.2) is 50.6 Å². The number of nitrogens with zero attached hydrogens (tertiary/aromatic N) is 4. The predicted octanol–water partition coefficient (Wildman–Crippen LogP) is 0.738. The molecule has 0 aromatic carbocycles. The molecule has 1 aliphatic rings. The zero-order valence-corrected chi connectivity index (χ0v) is 11.8. The molecule has 0 saturated carbocycles. The lowest BCUT2D eigenvalue weighted by Crippen LogP contribution is -2.25. The fourth-order valence-electron chi connectivity index (χ4n) is 2.62. The molecule has 3 rings (SSSR count). The van der Waals surface area contributed by atoms with E-state index in [1.807, 2.05) is 18.4 Å². The number of imidazole rings is 1. The Morgan fingerprint density at radius 1 is 1.45 bits per heavy atom. The van der Waals surface area contributed by atoms with E-state index in [1.54, 1.807) is 13.3 Å². The van der Waals surface area contributed by atoms with Crippen molar-refractivity contribution in [2.45, 2.75) is 38.7 Å². The molecule has 2 aromatic heterocycles. The Kier molecular flexibility index (Phi) is 3.41. The molecule has 20 heavy (non-hydrogen) atoms. The summed E-state index contributed by atoms with van der Waals surface area (Å²) in [6.07, 6.45) is 1.08. The highest BCUT2D eigenvalue weighted by atomic mass is 16.6. The van der Waals surface area contributed by atoms with Crippen molar-refractivity contribution in [1.29, 1.82) is 0 Å². The van der Waals surface area contributed by atoms with Crippen LogP contribution in [-0.2, 0) is 9.47 Å². The molecule has 2 aromatic rings. The number of aryl methyl sites for hydroxylation is 2. The third-order valence-electron chi connectivity index (χ3n) is 3.55. The first-order valence-corrected chi connectivity index (χ1v) is 6.60. The summed E-state index contributed by atoms with van der Waals surface area (Å²) in [5.74, 6) is 1.49. The van der Waals surface area contributed by atoms with E-state index < -0.39 is 6.10 Å². The van der Waals surface area contributed by atoms with Crippen LogP contribution in [0.1, 0.15) is 24.3 Å². The lowest BCUT2D eigenvalue weighted by molar-refractivity contribution is -0.0528. The van der Waals surface area contributed by atoms with Gasteiger partial charge < -0.3 is 14.6 Å². The lowest BCUT2D eigenvalue weighted by atomic mass is 10.2. The number of fused-ring (bicyclic) bond motifs is 1. The van der Waals surface area contributed by atoms with Crippen molar-refractivity contribution >= 4 is 11.2 Å². The van der Waals surface area contributed by atoms with Gasteiger partial charge in [-0.25, -0.2) is 15.0 Å². The van der Waals surface area contributed by atoms with Gasteiger partial charge in [0.2, 0.25) is 0 Å². The molecule has 0 bridgehead atoms. The quantitative estimate of drug-likeness (QED) is 0.891. The first-order valence-electron chi connectivity index (χ1n) is 6.60. The fourth-order valence-corrected chi connectivity index (χ4v) is 2.62. The van der Waals surface area contributed by atoms with Crippen LogP contribution in [0.25, 0.3) is 11.2 Å². The largest absolute Gasteiger partial charge is 0.390 e. The van der Waals surface area contributed by atoms with E-state index in [4.69, 9.17) is 9.47 Å². The normalized spacial score (nSPS) is 26.5. The maximum atomic E-state index is 10.0. The van der Waals surface area contributed by atoms with Crippen molar-refractivity contribution in [1.82, 2.24) is 19.5 Å². The summed E-state index contributed by atoms with van der Waals surface area (Å²) in [7, 11) is 1.60. The van der Waals surface area contributed by atoms with E-state index in [-0.39, 0.29) is 12.3 Å². The smallest absolute Gasteiger partial charge is 0.165 e. The summed E-state index contributed by atoms with van der Waals surface area (Å²) in [4.78, 5) is 13.0.